The number of fused-ring (bicyclic) bond motifs is 1. The van der Waals surface area contributed by atoms with Gasteiger partial charge >= 0.3 is 5.97 Å². The Hall–Kier alpha value is -1.98. The maximum atomic E-state index is 11.9. The van der Waals surface area contributed by atoms with E-state index < -0.39 is 5.97 Å². The summed E-state index contributed by atoms with van der Waals surface area (Å²) in [4.78, 5) is 20.8. The van der Waals surface area contributed by atoms with Crippen LogP contribution in [0.4, 0.5) is 0 Å². The lowest BCUT2D eigenvalue weighted by atomic mass is 10.1. The van der Waals surface area contributed by atoms with Gasteiger partial charge < -0.3 is 10.1 Å². The highest BCUT2D eigenvalue weighted by Gasteiger charge is 2.23. The van der Waals surface area contributed by atoms with Crippen LogP contribution in [0.5, 0.6) is 0 Å². The minimum atomic E-state index is -0.433. The van der Waals surface area contributed by atoms with Crippen LogP contribution < -0.4 is 5.32 Å². The van der Waals surface area contributed by atoms with Crippen molar-refractivity contribution in [3.05, 3.63) is 57.6 Å². The van der Waals surface area contributed by atoms with E-state index in [4.69, 9.17) is 16.3 Å². The maximum absolute atomic E-state index is 11.9. The molecule has 1 N–H and O–H groups in total. The molecule has 6 heteroatoms. The summed E-state index contributed by atoms with van der Waals surface area (Å²) < 4.78 is 4.81. The highest BCUT2D eigenvalue weighted by molar-refractivity contribution is 6.31. The first kappa shape index (κ1) is 14.0. The van der Waals surface area contributed by atoms with Crippen LogP contribution in [-0.2, 0) is 24.2 Å². The van der Waals surface area contributed by atoms with Gasteiger partial charge in [0.1, 0.15) is 5.82 Å². The lowest BCUT2D eigenvalue weighted by molar-refractivity contribution is 0.0592. The first-order valence-corrected chi connectivity index (χ1v) is 6.98. The van der Waals surface area contributed by atoms with Gasteiger partial charge in [0.15, 0.2) is 5.69 Å². The molecule has 2 aromatic rings. The topological polar surface area (TPSA) is 64.1 Å². The fraction of sp³-hybridized carbons (Fsp3) is 0.267. The van der Waals surface area contributed by atoms with Crippen LogP contribution in [0.1, 0.15) is 33.1 Å². The van der Waals surface area contributed by atoms with Crippen molar-refractivity contribution >= 4 is 17.6 Å². The van der Waals surface area contributed by atoms with Crippen molar-refractivity contribution in [2.24, 2.45) is 0 Å². The Morgan fingerprint density at radius 3 is 2.90 bits per heavy atom. The Labute approximate surface area is 127 Å². The van der Waals surface area contributed by atoms with E-state index in [2.05, 4.69) is 15.3 Å². The fourth-order valence-corrected chi connectivity index (χ4v) is 2.58. The molecule has 0 saturated heterocycles. The molecule has 0 atom stereocenters. The zero-order valence-electron chi connectivity index (χ0n) is 11.5. The molecule has 0 spiro atoms. The highest BCUT2D eigenvalue weighted by Crippen LogP contribution is 2.21. The Morgan fingerprint density at radius 2 is 2.14 bits per heavy atom. The van der Waals surface area contributed by atoms with Gasteiger partial charge in [-0.15, -0.1) is 0 Å². The number of hydrogen-bond acceptors (Lipinski definition) is 5. The Kier molecular flexibility index (Phi) is 3.86. The van der Waals surface area contributed by atoms with Gasteiger partial charge in [-0.1, -0.05) is 29.8 Å². The summed E-state index contributed by atoms with van der Waals surface area (Å²) >= 11 is 6.16. The van der Waals surface area contributed by atoms with Crippen LogP contribution in [0.3, 0.4) is 0 Å². The highest BCUT2D eigenvalue weighted by atomic mass is 35.5. The SMILES string of the molecule is COC(=O)c1nc(Cc2ccccc2Cl)nc2c1CNC2. The van der Waals surface area contributed by atoms with E-state index in [1.54, 1.807) is 0 Å². The molecular weight excluding hydrogens is 290 g/mol. The molecule has 5 nitrogen and oxygen atoms in total. The van der Waals surface area contributed by atoms with Gasteiger partial charge in [0.05, 0.1) is 12.8 Å². The van der Waals surface area contributed by atoms with Gasteiger partial charge in [0.2, 0.25) is 0 Å². The molecular formula is C15H14ClN3O2. The Bertz CT molecular complexity index is 703. The standard InChI is InChI=1S/C15H14ClN3O2/c1-21-15(20)14-10-7-17-8-12(10)18-13(19-14)6-9-4-2-3-5-11(9)16/h2-5,17H,6-8H2,1H3. The third kappa shape index (κ3) is 2.75. The normalized spacial score (nSPS) is 13.0. The number of benzene rings is 1. The van der Waals surface area contributed by atoms with Crippen LogP contribution in [0, 0.1) is 0 Å². The molecule has 1 aromatic heterocycles. The molecule has 0 fully saturated rings. The van der Waals surface area contributed by atoms with Crippen molar-refractivity contribution < 1.29 is 9.53 Å². The molecule has 3 rings (SSSR count). The van der Waals surface area contributed by atoms with E-state index in [0.717, 1.165) is 16.8 Å². The van der Waals surface area contributed by atoms with Gasteiger partial charge in [-0.2, -0.15) is 0 Å². The quantitative estimate of drug-likeness (QED) is 0.880. The maximum Gasteiger partial charge on any atom is 0.357 e. The summed E-state index contributed by atoms with van der Waals surface area (Å²) in [5, 5.41) is 3.84. The van der Waals surface area contributed by atoms with Gasteiger partial charge in [-0.3, -0.25) is 0 Å². The first-order chi connectivity index (χ1) is 10.2. The molecule has 0 saturated carbocycles. The molecule has 1 aliphatic heterocycles. The van der Waals surface area contributed by atoms with E-state index in [0.29, 0.717) is 36.1 Å². The molecule has 0 radical (unpaired) electrons. The number of nitrogens with one attached hydrogen (secondary N) is 1. The molecule has 1 aromatic carbocycles. The van der Waals surface area contributed by atoms with Crippen LogP contribution in [0.2, 0.25) is 5.02 Å². The second kappa shape index (κ2) is 5.79. The third-order valence-electron chi connectivity index (χ3n) is 3.42. The van der Waals surface area contributed by atoms with E-state index in [1.165, 1.54) is 7.11 Å². The molecule has 1 aliphatic rings. The number of carbonyl (C=O) groups excluding carboxylic acids is 1. The number of esters is 1. The number of methoxy groups -OCH3 is 1. The fourth-order valence-electron chi connectivity index (χ4n) is 2.38. The van der Waals surface area contributed by atoms with Crippen LogP contribution in [-0.4, -0.2) is 23.0 Å². The van der Waals surface area contributed by atoms with Crippen molar-refractivity contribution in [1.29, 1.82) is 0 Å². The van der Waals surface area contributed by atoms with Gasteiger partial charge in [0.25, 0.3) is 0 Å². The number of aromatic nitrogens is 2. The van der Waals surface area contributed by atoms with Crippen LogP contribution in [0.25, 0.3) is 0 Å². The number of hydrogen-bond donors (Lipinski definition) is 1. The van der Waals surface area contributed by atoms with Crippen molar-refractivity contribution in [3.63, 3.8) is 0 Å². The monoisotopic (exact) mass is 303 g/mol. The predicted molar refractivity (Wildman–Crippen MR) is 78.2 cm³/mol. The second-order valence-corrected chi connectivity index (χ2v) is 5.18. The van der Waals surface area contributed by atoms with Crippen LogP contribution >= 0.6 is 11.6 Å². The zero-order valence-corrected chi connectivity index (χ0v) is 12.3. The number of halogens is 1. The molecule has 108 valence electrons. The van der Waals surface area contributed by atoms with Crippen LogP contribution in [0.15, 0.2) is 24.3 Å². The smallest absolute Gasteiger partial charge is 0.357 e. The second-order valence-electron chi connectivity index (χ2n) is 4.78. The average Bonchev–Trinajstić information content (AvgIpc) is 2.96. The van der Waals surface area contributed by atoms with Crippen molar-refractivity contribution in [2.75, 3.05) is 7.11 Å². The van der Waals surface area contributed by atoms with E-state index in [9.17, 15) is 4.79 Å². The molecule has 21 heavy (non-hydrogen) atoms. The number of rotatable bonds is 3. The summed E-state index contributed by atoms with van der Waals surface area (Å²) in [6.07, 6.45) is 0.483. The van der Waals surface area contributed by atoms with Gasteiger partial charge in [-0.05, 0) is 11.6 Å². The molecule has 0 bridgehead atoms. The molecule has 2 heterocycles. The Morgan fingerprint density at radius 1 is 1.33 bits per heavy atom. The molecule has 0 unspecified atom stereocenters. The van der Waals surface area contributed by atoms with Gasteiger partial charge in [-0.25, -0.2) is 14.8 Å². The van der Waals surface area contributed by atoms with Crippen molar-refractivity contribution in [3.8, 4) is 0 Å². The van der Waals surface area contributed by atoms with Crippen molar-refractivity contribution in [2.45, 2.75) is 19.5 Å². The Balaban J connectivity index is 2.00. The first-order valence-electron chi connectivity index (χ1n) is 6.60. The third-order valence-corrected chi connectivity index (χ3v) is 3.79. The summed E-state index contributed by atoms with van der Waals surface area (Å²) in [7, 11) is 1.35. The van der Waals surface area contributed by atoms with E-state index >= 15 is 0 Å². The van der Waals surface area contributed by atoms with E-state index in [-0.39, 0.29) is 0 Å². The summed E-state index contributed by atoms with van der Waals surface area (Å²) in [6, 6.07) is 7.54. The zero-order chi connectivity index (χ0) is 14.8. The lowest BCUT2D eigenvalue weighted by Gasteiger charge is -2.09. The van der Waals surface area contributed by atoms with E-state index in [1.807, 2.05) is 24.3 Å². The predicted octanol–water partition coefficient (Wildman–Crippen LogP) is 2.11. The largest absolute Gasteiger partial charge is 0.464 e. The summed E-state index contributed by atoms with van der Waals surface area (Å²) in [5.41, 5.74) is 2.95. The van der Waals surface area contributed by atoms with Crippen molar-refractivity contribution in [1.82, 2.24) is 15.3 Å². The number of ether oxygens (including phenoxy) is 1. The number of nitrogens with zero attached hydrogens (tertiary/aromatic N) is 2. The average molecular weight is 304 g/mol. The number of carbonyl (C=O) groups is 1. The lowest BCUT2D eigenvalue weighted by Crippen LogP contribution is -2.13. The minimum Gasteiger partial charge on any atom is -0.464 e. The summed E-state index contributed by atoms with van der Waals surface area (Å²) in [5.74, 6) is 0.142. The minimum absolute atomic E-state index is 0.342. The van der Waals surface area contributed by atoms with Gasteiger partial charge in [0, 0.05) is 30.1 Å². The molecule has 0 aliphatic carbocycles. The summed E-state index contributed by atoms with van der Waals surface area (Å²) in [6.45, 7) is 1.23. The molecule has 0 amide bonds.